The lowest BCUT2D eigenvalue weighted by molar-refractivity contribution is -0.143. The molecular formula is C43H57F3N6O8. The molecule has 4 atom stereocenters. The lowest BCUT2D eigenvalue weighted by Crippen LogP contribution is -2.63. The average Bonchev–Trinajstić information content (AvgIpc) is 3.91. The van der Waals surface area contributed by atoms with E-state index in [-0.39, 0.29) is 75.5 Å². The van der Waals surface area contributed by atoms with E-state index in [9.17, 15) is 28.7 Å². The molecule has 2 aromatic rings. The highest BCUT2D eigenvalue weighted by atomic mass is 19.1. The lowest BCUT2D eigenvalue weighted by Gasteiger charge is -2.48. The van der Waals surface area contributed by atoms with Crippen molar-refractivity contribution in [1.82, 2.24) is 30.7 Å². The molecule has 4 amide bonds. The fourth-order valence-corrected chi connectivity index (χ4v) is 7.58. The standard InChI is InChI=1S/C43H57F3N6O8/c1-42(2,14-19-59-41(57)48-16-20-58-18-15-43(3,4)60-21-17-51-36(54)12-13-37(51)55)39(52(38(56)28-53)26-30-23-47-24-34(30)46)40-49-35(32-22-31(44)10-11-33(32)45)27-50(40)25-29-8-6-5-7-9-29/h5-13,22,27,30,34,39-40,47,49,53H,14-21,23-26,28H2,1-4H3,(H,48,57). The first-order valence-electron chi connectivity index (χ1n) is 20.2. The number of aliphatic hydroxyl groups excluding tert-OH is 1. The van der Waals surface area contributed by atoms with Gasteiger partial charge in [0.05, 0.1) is 43.7 Å². The van der Waals surface area contributed by atoms with Crippen molar-refractivity contribution in [3.63, 3.8) is 0 Å². The van der Waals surface area contributed by atoms with E-state index in [0.29, 0.717) is 26.1 Å². The normalized spacial score (nSPS) is 19.7. The molecule has 0 aliphatic carbocycles. The molecule has 3 heterocycles. The van der Waals surface area contributed by atoms with Crippen molar-refractivity contribution in [2.24, 2.45) is 11.3 Å². The van der Waals surface area contributed by atoms with Gasteiger partial charge in [-0.2, -0.15) is 0 Å². The van der Waals surface area contributed by atoms with Crippen LogP contribution >= 0.6 is 0 Å². The second kappa shape index (κ2) is 21.0. The van der Waals surface area contributed by atoms with E-state index in [4.69, 9.17) is 14.2 Å². The monoisotopic (exact) mass is 842 g/mol. The molecule has 0 radical (unpaired) electrons. The first kappa shape index (κ1) is 46.1. The number of carbonyl (C=O) groups excluding carboxylic acids is 4. The second-order valence-electron chi connectivity index (χ2n) is 16.4. The van der Waals surface area contributed by atoms with Gasteiger partial charge in [0.25, 0.3) is 11.8 Å². The van der Waals surface area contributed by atoms with Crippen molar-refractivity contribution in [3.8, 4) is 0 Å². The minimum absolute atomic E-state index is 0.0136. The summed E-state index contributed by atoms with van der Waals surface area (Å²) in [6.07, 6.45) is 2.14. The van der Waals surface area contributed by atoms with Gasteiger partial charge < -0.3 is 45.1 Å². The van der Waals surface area contributed by atoms with Gasteiger partial charge in [0.1, 0.15) is 30.6 Å². The minimum atomic E-state index is -1.24. The Morgan fingerprint density at radius 3 is 2.40 bits per heavy atom. The van der Waals surface area contributed by atoms with Crippen LogP contribution in [0.5, 0.6) is 0 Å². The number of hydrogen-bond acceptors (Lipinski definition) is 11. The number of alkyl halides is 1. The Labute approximate surface area is 349 Å². The molecule has 1 fully saturated rings. The Kier molecular flexibility index (Phi) is 16.1. The van der Waals surface area contributed by atoms with Gasteiger partial charge in [0.2, 0.25) is 5.91 Å². The molecule has 5 rings (SSSR count). The molecule has 17 heteroatoms. The number of rotatable bonds is 22. The van der Waals surface area contributed by atoms with Gasteiger partial charge in [-0.05, 0) is 55.9 Å². The Morgan fingerprint density at radius 1 is 0.983 bits per heavy atom. The molecular weight excluding hydrogens is 786 g/mol. The zero-order valence-corrected chi connectivity index (χ0v) is 34.6. The van der Waals surface area contributed by atoms with E-state index >= 15 is 8.78 Å². The van der Waals surface area contributed by atoms with Crippen LogP contribution in [0.1, 0.15) is 51.7 Å². The SMILES string of the molecule is CC(C)(CCOCCNC(=O)OCCC(C)(C)C(C1NC(c2cc(F)ccc2F)=CN1Cc1ccccc1)N(CC1CNCC1F)C(=O)CO)OCCN1C(=O)C=CC1=O. The highest BCUT2D eigenvalue weighted by Gasteiger charge is 2.47. The molecule has 4 N–H and O–H groups in total. The van der Waals surface area contributed by atoms with Gasteiger partial charge in [-0.3, -0.25) is 19.3 Å². The molecule has 2 aromatic carbocycles. The van der Waals surface area contributed by atoms with Gasteiger partial charge in [0, 0.05) is 69.2 Å². The topological polar surface area (TPSA) is 162 Å². The Bertz CT molecular complexity index is 1850. The van der Waals surface area contributed by atoms with Crippen LogP contribution in [-0.4, -0.2) is 133 Å². The van der Waals surface area contributed by atoms with Crippen LogP contribution < -0.4 is 16.0 Å². The summed E-state index contributed by atoms with van der Waals surface area (Å²) in [5.74, 6) is -3.24. The second-order valence-corrected chi connectivity index (χ2v) is 16.4. The molecule has 1 saturated heterocycles. The van der Waals surface area contributed by atoms with Gasteiger partial charge >= 0.3 is 6.09 Å². The maximum absolute atomic E-state index is 15.2. The van der Waals surface area contributed by atoms with E-state index in [1.807, 2.05) is 62.9 Å². The number of ether oxygens (including phenoxy) is 3. The molecule has 0 aromatic heterocycles. The largest absolute Gasteiger partial charge is 0.450 e. The van der Waals surface area contributed by atoms with E-state index in [1.165, 1.54) is 17.1 Å². The van der Waals surface area contributed by atoms with Crippen LogP contribution in [0.2, 0.25) is 0 Å². The third-order valence-corrected chi connectivity index (χ3v) is 11.0. The van der Waals surface area contributed by atoms with Gasteiger partial charge in [-0.1, -0.05) is 44.2 Å². The van der Waals surface area contributed by atoms with Crippen molar-refractivity contribution < 1.29 is 51.7 Å². The number of alkyl carbamates (subject to hydrolysis) is 1. The molecule has 0 bridgehead atoms. The summed E-state index contributed by atoms with van der Waals surface area (Å²) in [7, 11) is 0. The summed E-state index contributed by atoms with van der Waals surface area (Å²) in [5, 5.41) is 19.3. The number of carbonyl (C=O) groups is 4. The van der Waals surface area contributed by atoms with E-state index < -0.39 is 65.6 Å². The van der Waals surface area contributed by atoms with Crippen molar-refractivity contribution in [3.05, 3.63) is 89.6 Å². The lowest BCUT2D eigenvalue weighted by atomic mass is 9.78. The Balaban J connectivity index is 1.22. The summed E-state index contributed by atoms with van der Waals surface area (Å²) in [6, 6.07) is 11.8. The van der Waals surface area contributed by atoms with Crippen LogP contribution in [0.15, 0.2) is 66.9 Å². The summed E-state index contributed by atoms with van der Waals surface area (Å²) in [4.78, 5) is 54.5. The number of amides is 4. The number of imide groups is 1. The summed E-state index contributed by atoms with van der Waals surface area (Å²) in [6.45, 7) is 8.27. The van der Waals surface area contributed by atoms with Crippen LogP contribution in [-0.2, 0) is 35.1 Å². The number of nitrogens with zero attached hydrogens (tertiary/aromatic N) is 3. The van der Waals surface area contributed by atoms with E-state index in [2.05, 4.69) is 16.0 Å². The average molecular weight is 843 g/mol. The highest BCUT2D eigenvalue weighted by Crippen LogP contribution is 2.38. The number of benzene rings is 2. The van der Waals surface area contributed by atoms with Crippen molar-refractivity contribution in [2.75, 3.05) is 65.8 Å². The Morgan fingerprint density at radius 2 is 1.72 bits per heavy atom. The zero-order valence-electron chi connectivity index (χ0n) is 34.6. The molecule has 4 unspecified atom stereocenters. The minimum Gasteiger partial charge on any atom is -0.450 e. The Hall–Kier alpha value is -4.97. The third-order valence-electron chi connectivity index (χ3n) is 11.0. The predicted molar refractivity (Wildman–Crippen MR) is 216 cm³/mol. The van der Waals surface area contributed by atoms with Crippen molar-refractivity contribution in [1.29, 1.82) is 0 Å². The smallest absolute Gasteiger partial charge is 0.407 e. The maximum atomic E-state index is 15.2. The number of aliphatic hydroxyl groups is 1. The molecule has 328 valence electrons. The molecule has 0 spiro atoms. The van der Waals surface area contributed by atoms with Crippen molar-refractivity contribution >= 4 is 29.5 Å². The molecule has 60 heavy (non-hydrogen) atoms. The predicted octanol–water partition coefficient (Wildman–Crippen LogP) is 3.71. The fraction of sp³-hybridized carbons (Fsp3) is 0.535. The molecule has 14 nitrogen and oxygen atoms in total. The van der Waals surface area contributed by atoms with Crippen molar-refractivity contribution in [2.45, 2.75) is 71.1 Å². The van der Waals surface area contributed by atoms with Crippen LogP contribution in [0.4, 0.5) is 18.0 Å². The first-order valence-corrected chi connectivity index (χ1v) is 20.2. The number of hydrogen-bond donors (Lipinski definition) is 4. The summed E-state index contributed by atoms with van der Waals surface area (Å²) >= 11 is 0. The van der Waals surface area contributed by atoms with E-state index in [0.717, 1.165) is 28.7 Å². The van der Waals surface area contributed by atoms with Crippen LogP contribution in [0.3, 0.4) is 0 Å². The molecule has 3 aliphatic heterocycles. The maximum Gasteiger partial charge on any atom is 0.407 e. The van der Waals surface area contributed by atoms with Gasteiger partial charge in [0.15, 0.2) is 0 Å². The quantitative estimate of drug-likeness (QED) is 0.101. The number of halogens is 3. The molecule has 0 saturated carbocycles. The van der Waals surface area contributed by atoms with Gasteiger partial charge in [-0.25, -0.2) is 18.0 Å². The van der Waals surface area contributed by atoms with Crippen LogP contribution in [0, 0.1) is 23.0 Å². The zero-order chi connectivity index (χ0) is 43.5. The number of nitrogens with one attached hydrogen (secondary N) is 3. The fourth-order valence-electron chi connectivity index (χ4n) is 7.58. The van der Waals surface area contributed by atoms with Crippen LogP contribution in [0.25, 0.3) is 5.70 Å². The molecule has 3 aliphatic rings. The summed E-state index contributed by atoms with van der Waals surface area (Å²) in [5.41, 5.74) is -0.328. The summed E-state index contributed by atoms with van der Waals surface area (Å²) < 4.78 is 62.0. The van der Waals surface area contributed by atoms with E-state index in [1.54, 1.807) is 6.20 Å². The first-order chi connectivity index (χ1) is 28.6. The van der Waals surface area contributed by atoms with Gasteiger partial charge in [-0.15, -0.1) is 0 Å². The third kappa shape index (κ3) is 12.5. The highest BCUT2D eigenvalue weighted by molar-refractivity contribution is 6.12.